The molecule has 2 aromatic rings. The fourth-order valence-electron chi connectivity index (χ4n) is 2.95. The van der Waals surface area contributed by atoms with Crippen molar-refractivity contribution in [1.29, 1.82) is 0 Å². The van der Waals surface area contributed by atoms with E-state index in [9.17, 15) is 13.2 Å². The monoisotopic (exact) mass is 392 g/mol. The summed E-state index contributed by atoms with van der Waals surface area (Å²) in [5.41, 5.74) is 0.963. The van der Waals surface area contributed by atoms with E-state index in [-0.39, 0.29) is 23.3 Å². The van der Waals surface area contributed by atoms with Gasteiger partial charge in [-0.3, -0.25) is 4.79 Å². The van der Waals surface area contributed by atoms with Crippen LogP contribution >= 0.6 is 0 Å². The average Bonchev–Trinajstić information content (AvgIpc) is 3.33. The van der Waals surface area contributed by atoms with Gasteiger partial charge in [0.15, 0.2) is 0 Å². The summed E-state index contributed by atoms with van der Waals surface area (Å²) in [4.78, 5) is 12.5. The molecule has 27 heavy (non-hydrogen) atoms. The molecule has 8 heteroatoms. The molecular formula is C19H24N2O5S. The Kier molecular flexibility index (Phi) is 6.30. The van der Waals surface area contributed by atoms with Gasteiger partial charge in [0.2, 0.25) is 15.9 Å². The minimum atomic E-state index is -3.79. The Labute approximate surface area is 159 Å². The number of rotatable bonds is 8. The van der Waals surface area contributed by atoms with E-state index in [1.807, 2.05) is 6.92 Å². The molecule has 1 aliphatic heterocycles. The molecule has 0 saturated carbocycles. The highest BCUT2D eigenvalue weighted by Crippen LogP contribution is 2.21. The van der Waals surface area contributed by atoms with Crippen LogP contribution in [0.3, 0.4) is 0 Å². The van der Waals surface area contributed by atoms with E-state index in [1.165, 1.54) is 18.4 Å². The Balaban J connectivity index is 1.68. The van der Waals surface area contributed by atoms with Gasteiger partial charge in [0, 0.05) is 13.2 Å². The van der Waals surface area contributed by atoms with Crippen LogP contribution in [-0.4, -0.2) is 33.6 Å². The zero-order chi connectivity index (χ0) is 19.3. The van der Waals surface area contributed by atoms with E-state index < -0.39 is 16.1 Å². The van der Waals surface area contributed by atoms with E-state index in [1.54, 1.807) is 24.3 Å². The van der Waals surface area contributed by atoms with Crippen LogP contribution in [0.5, 0.6) is 0 Å². The van der Waals surface area contributed by atoms with Crippen molar-refractivity contribution in [3.63, 3.8) is 0 Å². The molecule has 1 amide bonds. The second-order valence-electron chi connectivity index (χ2n) is 6.65. The van der Waals surface area contributed by atoms with Gasteiger partial charge in [0.1, 0.15) is 5.76 Å². The quantitative estimate of drug-likeness (QED) is 0.718. The fraction of sp³-hybridized carbons (Fsp3) is 0.421. The lowest BCUT2D eigenvalue weighted by molar-refractivity contribution is -0.122. The molecule has 2 atom stereocenters. The highest BCUT2D eigenvalue weighted by molar-refractivity contribution is 7.89. The van der Waals surface area contributed by atoms with Crippen molar-refractivity contribution in [3.8, 4) is 0 Å². The van der Waals surface area contributed by atoms with Crippen LogP contribution < -0.4 is 10.0 Å². The van der Waals surface area contributed by atoms with Crippen LogP contribution in [0.1, 0.15) is 36.6 Å². The number of aryl methyl sites for hydroxylation is 1. The highest BCUT2D eigenvalue weighted by atomic mass is 32.2. The highest BCUT2D eigenvalue weighted by Gasteiger charge is 2.26. The summed E-state index contributed by atoms with van der Waals surface area (Å²) in [6, 6.07) is 9.04. The summed E-state index contributed by atoms with van der Waals surface area (Å²) >= 11 is 0. The van der Waals surface area contributed by atoms with Gasteiger partial charge in [-0.15, -0.1) is 0 Å². The van der Waals surface area contributed by atoms with E-state index >= 15 is 0 Å². The van der Waals surface area contributed by atoms with Gasteiger partial charge in [-0.1, -0.05) is 17.7 Å². The summed E-state index contributed by atoms with van der Waals surface area (Å²) in [6.07, 6.45) is 3.33. The van der Waals surface area contributed by atoms with Gasteiger partial charge in [-0.25, -0.2) is 8.42 Å². The van der Waals surface area contributed by atoms with E-state index in [0.717, 1.165) is 18.4 Å². The standard InChI is InChI=1S/C19H24N2O5S/c1-14-6-8-16(9-7-14)27(23,24)21-17(18-5-3-11-26-18)12-19(22)20-13-15-4-2-10-25-15/h3,5-9,11,15,17,21H,2,4,10,12-13H2,1H3,(H,20,22)/t15-,17+/m1/s1. The minimum Gasteiger partial charge on any atom is -0.468 e. The predicted molar refractivity (Wildman–Crippen MR) is 99.6 cm³/mol. The molecule has 146 valence electrons. The number of carbonyl (C=O) groups is 1. The summed E-state index contributed by atoms with van der Waals surface area (Å²) in [6.45, 7) is 3.02. The van der Waals surface area contributed by atoms with Crippen molar-refractivity contribution in [1.82, 2.24) is 10.0 Å². The second kappa shape index (κ2) is 8.69. The van der Waals surface area contributed by atoms with E-state index in [0.29, 0.717) is 18.9 Å². The number of hydrogen-bond acceptors (Lipinski definition) is 5. The Hall–Kier alpha value is -2.16. The SMILES string of the molecule is Cc1ccc(S(=O)(=O)N[C@@H](CC(=O)NC[C@H]2CCCO2)c2ccco2)cc1. The normalized spacial score (nSPS) is 18.3. The maximum Gasteiger partial charge on any atom is 0.241 e. The largest absolute Gasteiger partial charge is 0.468 e. The topological polar surface area (TPSA) is 97.6 Å². The van der Waals surface area contributed by atoms with Gasteiger partial charge in [-0.2, -0.15) is 4.72 Å². The zero-order valence-electron chi connectivity index (χ0n) is 15.2. The van der Waals surface area contributed by atoms with Gasteiger partial charge in [0.25, 0.3) is 0 Å². The molecular weight excluding hydrogens is 368 g/mol. The average molecular weight is 392 g/mol. The van der Waals surface area contributed by atoms with Crippen molar-refractivity contribution >= 4 is 15.9 Å². The molecule has 2 heterocycles. The summed E-state index contributed by atoms with van der Waals surface area (Å²) in [5, 5.41) is 2.81. The molecule has 1 aliphatic rings. The molecule has 2 N–H and O–H groups in total. The lowest BCUT2D eigenvalue weighted by atomic mass is 10.1. The molecule has 3 rings (SSSR count). The molecule has 0 spiro atoms. The molecule has 1 aromatic heterocycles. The third-order valence-corrected chi connectivity index (χ3v) is 5.94. The smallest absolute Gasteiger partial charge is 0.241 e. The summed E-state index contributed by atoms with van der Waals surface area (Å²) < 4.78 is 38.8. The molecule has 0 radical (unpaired) electrons. The van der Waals surface area contributed by atoms with Gasteiger partial charge >= 0.3 is 0 Å². The van der Waals surface area contributed by atoms with Crippen molar-refractivity contribution in [3.05, 3.63) is 54.0 Å². The maximum atomic E-state index is 12.7. The molecule has 0 bridgehead atoms. The lowest BCUT2D eigenvalue weighted by Crippen LogP contribution is -2.36. The van der Waals surface area contributed by atoms with E-state index in [4.69, 9.17) is 9.15 Å². The number of nitrogens with one attached hydrogen (secondary N) is 2. The number of sulfonamides is 1. The second-order valence-corrected chi connectivity index (χ2v) is 8.36. The predicted octanol–water partition coefficient (Wildman–Crippen LogP) is 2.29. The van der Waals surface area contributed by atoms with Crippen LogP contribution in [-0.2, 0) is 19.6 Å². The number of hydrogen-bond donors (Lipinski definition) is 2. The maximum absolute atomic E-state index is 12.7. The fourth-order valence-corrected chi connectivity index (χ4v) is 4.16. The lowest BCUT2D eigenvalue weighted by Gasteiger charge is -2.18. The number of benzene rings is 1. The van der Waals surface area contributed by atoms with E-state index in [2.05, 4.69) is 10.0 Å². The number of furan rings is 1. The Morgan fingerprint density at radius 3 is 2.67 bits per heavy atom. The third-order valence-electron chi connectivity index (χ3n) is 4.46. The van der Waals surface area contributed by atoms with Crippen molar-refractivity contribution in [2.75, 3.05) is 13.2 Å². The molecule has 1 aromatic carbocycles. The van der Waals surface area contributed by atoms with Gasteiger partial charge in [0.05, 0.1) is 29.7 Å². The van der Waals surface area contributed by atoms with Crippen LogP contribution in [0.15, 0.2) is 52.0 Å². The summed E-state index contributed by atoms with van der Waals surface area (Å²) in [5.74, 6) is 0.122. The molecule has 7 nitrogen and oxygen atoms in total. The van der Waals surface area contributed by atoms with Crippen LogP contribution in [0.25, 0.3) is 0 Å². The Morgan fingerprint density at radius 1 is 1.26 bits per heavy atom. The van der Waals surface area contributed by atoms with Crippen LogP contribution in [0, 0.1) is 6.92 Å². The summed E-state index contributed by atoms with van der Waals surface area (Å²) in [7, 11) is -3.79. The first-order chi connectivity index (χ1) is 12.9. The first-order valence-electron chi connectivity index (χ1n) is 8.95. The van der Waals surface area contributed by atoms with Crippen molar-refractivity contribution in [2.24, 2.45) is 0 Å². The van der Waals surface area contributed by atoms with Gasteiger partial charge in [-0.05, 0) is 44.0 Å². The Bertz CT molecular complexity index is 841. The first-order valence-corrected chi connectivity index (χ1v) is 10.4. The van der Waals surface area contributed by atoms with Crippen LogP contribution in [0.4, 0.5) is 0 Å². The minimum absolute atomic E-state index is 0.0280. The Morgan fingerprint density at radius 2 is 2.04 bits per heavy atom. The van der Waals surface area contributed by atoms with Crippen LogP contribution in [0.2, 0.25) is 0 Å². The number of carbonyl (C=O) groups excluding carboxylic acids is 1. The first kappa shape index (κ1) is 19.6. The number of ether oxygens (including phenoxy) is 1. The third kappa shape index (κ3) is 5.41. The molecule has 1 saturated heterocycles. The zero-order valence-corrected chi connectivity index (χ0v) is 16.0. The molecule has 1 fully saturated rings. The molecule has 0 unspecified atom stereocenters. The van der Waals surface area contributed by atoms with Crippen molar-refractivity contribution in [2.45, 2.75) is 43.2 Å². The molecule has 0 aliphatic carbocycles. The van der Waals surface area contributed by atoms with Crippen molar-refractivity contribution < 1.29 is 22.4 Å². The number of amides is 1. The van der Waals surface area contributed by atoms with Gasteiger partial charge < -0.3 is 14.5 Å².